The summed E-state index contributed by atoms with van der Waals surface area (Å²) in [6.45, 7) is 0.192. The fraction of sp³-hybridized carbons (Fsp3) is 0.111. The molecule has 0 spiro atoms. The third-order valence-corrected chi connectivity index (χ3v) is 1.53. The van der Waals surface area contributed by atoms with Crippen LogP contribution in [0.25, 0.3) is 0 Å². The standard InChI is InChI=1S/C9H8N2O3/c12-6-11-8-3-1-2-7(4-8)5-10-9(13)14/h1-4,10H,5H2,(H,13,14). The van der Waals surface area contributed by atoms with Crippen molar-refractivity contribution in [2.45, 2.75) is 6.54 Å². The van der Waals surface area contributed by atoms with Crippen molar-refractivity contribution < 1.29 is 14.7 Å². The summed E-state index contributed by atoms with van der Waals surface area (Å²) in [6.07, 6.45) is 0.326. The van der Waals surface area contributed by atoms with Crippen molar-refractivity contribution in [2.75, 3.05) is 0 Å². The maximum absolute atomic E-state index is 10.2. The topological polar surface area (TPSA) is 78.8 Å². The van der Waals surface area contributed by atoms with Crippen molar-refractivity contribution in [3.63, 3.8) is 0 Å². The minimum atomic E-state index is -1.09. The molecule has 1 aromatic carbocycles. The van der Waals surface area contributed by atoms with Gasteiger partial charge in [0.2, 0.25) is 6.08 Å². The van der Waals surface area contributed by atoms with Gasteiger partial charge in [-0.15, -0.1) is 0 Å². The number of hydrogen-bond acceptors (Lipinski definition) is 3. The third kappa shape index (κ3) is 3.08. The number of rotatable bonds is 3. The molecule has 5 nitrogen and oxygen atoms in total. The van der Waals surface area contributed by atoms with Crippen LogP contribution in [0.15, 0.2) is 29.3 Å². The zero-order valence-corrected chi connectivity index (χ0v) is 7.23. The summed E-state index contributed by atoms with van der Waals surface area (Å²) in [6, 6.07) is 6.67. The molecule has 0 aliphatic rings. The first kappa shape index (κ1) is 9.95. The minimum Gasteiger partial charge on any atom is -0.465 e. The summed E-state index contributed by atoms with van der Waals surface area (Å²) in [5, 5.41) is 10.6. The molecule has 0 saturated heterocycles. The maximum atomic E-state index is 10.2. The zero-order chi connectivity index (χ0) is 10.4. The van der Waals surface area contributed by atoms with E-state index in [4.69, 9.17) is 5.11 Å². The van der Waals surface area contributed by atoms with Crippen LogP contribution in [-0.4, -0.2) is 17.3 Å². The molecule has 0 aromatic heterocycles. The second kappa shape index (κ2) is 4.79. The van der Waals surface area contributed by atoms with E-state index in [1.54, 1.807) is 24.3 Å². The molecule has 5 heteroatoms. The van der Waals surface area contributed by atoms with E-state index in [0.717, 1.165) is 5.56 Å². The Kier molecular flexibility index (Phi) is 3.41. The third-order valence-electron chi connectivity index (χ3n) is 1.53. The van der Waals surface area contributed by atoms with Crippen LogP contribution in [-0.2, 0) is 11.3 Å². The molecule has 0 saturated carbocycles. The lowest BCUT2D eigenvalue weighted by atomic mass is 10.2. The Morgan fingerprint density at radius 1 is 1.57 bits per heavy atom. The van der Waals surface area contributed by atoms with Gasteiger partial charge in [0.1, 0.15) is 0 Å². The molecule has 72 valence electrons. The summed E-state index contributed by atoms with van der Waals surface area (Å²) >= 11 is 0. The summed E-state index contributed by atoms with van der Waals surface area (Å²) in [7, 11) is 0. The average Bonchev–Trinajstić information content (AvgIpc) is 2.16. The molecule has 0 atom stereocenters. The van der Waals surface area contributed by atoms with Gasteiger partial charge in [-0.25, -0.2) is 9.59 Å². The molecule has 1 amide bonds. The molecule has 0 unspecified atom stereocenters. The van der Waals surface area contributed by atoms with Gasteiger partial charge >= 0.3 is 6.09 Å². The quantitative estimate of drug-likeness (QED) is 0.561. The monoisotopic (exact) mass is 192 g/mol. The Morgan fingerprint density at radius 3 is 3.00 bits per heavy atom. The fourth-order valence-electron chi connectivity index (χ4n) is 0.966. The average molecular weight is 192 g/mol. The summed E-state index contributed by atoms with van der Waals surface area (Å²) < 4.78 is 0. The number of amides is 1. The molecular weight excluding hydrogens is 184 g/mol. The Labute approximate surface area is 80.1 Å². The highest BCUT2D eigenvalue weighted by Gasteiger charge is 1.97. The number of carbonyl (C=O) groups is 1. The van der Waals surface area contributed by atoms with E-state index in [2.05, 4.69) is 10.3 Å². The summed E-state index contributed by atoms with van der Waals surface area (Å²) in [5.74, 6) is 0. The predicted octanol–water partition coefficient (Wildman–Crippen LogP) is 1.42. The highest BCUT2D eigenvalue weighted by molar-refractivity contribution is 5.64. The number of benzene rings is 1. The predicted molar refractivity (Wildman–Crippen MR) is 49.1 cm³/mol. The van der Waals surface area contributed by atoms with Gasteiger partial charge in [-0.1, -0.05) is 12.1 Å². The molecule has 0 aliphatic heterocycles. The van der Waals surface area contributed by atoms with E-state index in [1.807, 2.05) is 0 Å². The van der Waals surface area contributed by atoms with Crippen LogP contribution >= 0.6 is 0 Å². The van der Waals surface area contributed by atoms with Crippen LogP contribution in [0.4, 0.5) is 10.5 Å². The number of carbonyl (C=O) groups excluding carboxylic acids is 1. The number of hydrogen-bond donors (Lipinski definition) is 2. The minimum absolute atomic E-state index is 0.192. The van der Waals surface area contributed by atoms with Crippen molar-refractivity contribution >= 4 is 17.9 Å². The SMILES string of the molecule is O=C=Nc1cccc(CNC(=O)O)c1. The highest BCUT2D eigenvalue weighted by atomic mass is 16.4. The van der Waals surface area contributed by atoms with Crippen molar-refractivity contribution in [1.29, 1.82) is 0 Å². The summed E-state index contributed by atoms with van der Waals surface area (Å²) in [4.78, 5) is 23.6. The van der Waals surface area contributed by atoms with Gasteiger partial charge in [-0.3, -0.25) is 0 Å². The first-order valence-corrected chi connectivity index (χ1v) is 3.86. The van der Waals surface area contributed by atoms with E-state index in [9.17, 15) is 9.59 Å². The number of carboxylic acid groups (broad SMARTS) is 1. The molecule has 0 heterocycles. The smallest absolute Gasteiger partial charge is 0.404 e. The number of nitrogens with one attached hydrogen (secondary N) is 1. The van der Waals surface area contributed by atoms with Crippen LogP contribution in [0.1, 0.15) is 5.56 Å². The van der Waals surface area contributed by atoms with Crippen LogP contribution in [0, 0.1) is 0 Å². The lowest BCUT2D eigenvalue weighted by Gasteiger charge is -2.00. The van der Waals surface area contributed by atoms with E-state index in [-0.39, 0.29) is 6.54 Å². The molecule has 0 aliphatic carbocycles. The van der Waals surface area contributed by atoms with Gasteiger partial charge < -0.3 is 10.4 Å². The Hall–Kier alpha value is -2.13. The molecule has 0 bridgehead atoms. The van der Waals surface area contributed by atoms with Gasteiger partial charge in [0.15, 0.2) is 0 Å². The first-order valence-electron chi connectivity index (χ1n) is 3.86. The van der Waals surface area contributed by atoms with Crippen molar-refractivity contribution in [1.82, 2.24) is 5.32 Å². The number of aliphatic imine (C=N–C) groups is 1. The van der Waals surface area contributed by atoms with Crippen LogP contribution in [0.3, 0.4) is 0 Å². The lowest BCUT2D eigenvalue weighted by molar-refractivity contribution is 0.194. The van der Waals surface area contributed by atoms with Gasteiger partial charge in [0, 0.05) is 6.54 Å². The van der Waals surface area contributed by atoms with E-state index in [1.165, 1.54) is 6.08 Å². The first-order chi connectivity index (χ1) is 6.72. The Morgan fingerprint density at radius 2 is 2.36 bits per heavy atom. The molecular formula is C9H8N2O3. The van der Waals surface area contributed by atoms with E-state index >= 15 is 0 Å². The van der Waals surface area contributed by atoms with Crippen LogP contribution in [0.2, 0.25) is 0 Å². The van der Waals surface area contributed by atoms with Gasteiger partial charge in [-0.05, 0) is 17.7 Å². The zero-order valence-electron chi connectivity index (χ0n) is 7.23. The second-order valence-electron chi connectivity index (χ2n) is 2.53. The van der Waals surface area contributed by atoms with Gasteiger partial charge in [0.25, 0.3) is 0 Å². The molecule has 14 heavy (non-hydrogen) atoms. The van der Waals surface area contributed by atoms with Crippen LogP contribution in [0.5, 0.6) is 0 Å². The number of nitrogens with zero attached hydrogens (tertiary/aromatic N) is 1. The second-order valence-corrected chi connectivity index (χ2v) is 2.53. The fourth-order valence-corrected chi connectivity index (χ4v) is 0.966. The number of isocyanates is 1. The van der Waals surface area contributed by atoms with Gasteiger partial charge in [-0.2, -0.15) is 4.99 Å². The largest absolute Gasteiger partial charge is 0.465 e. The Balaban J connectivity index is 2.73. The maximum Gasteiger partial charge on any atom is 0.404 e. The summed E-state index contributed by atoms with van der Waals surface area (Å²) in [5.41, 5.74) is 1.20. The van der Waals surface area contributed by atoms with E-state index < -0.39 is 6.09 Å². The normalized spacial score (nSPS) is 8.86. The van der Waals surface area contributed by atoms with Crippen LogP contribution < -0.4 is 5.32 Å². The molecule has 2 N–H and O–H groups in total. The highest BCUT2D eigenvalue weighted by Crippen LogP contribution is 2.12. The van der Waals surface area contributed by atoms with Crippen molar-refractivity contribution in [2.24, 2.45) is 4.99 Å². The van der Waals surface area contributed by atoms with Gasteiger partial charge in [0.05, 0.1) is 5.69 Å². The molecule has 1 rings (SSSR count). The Bertz CT molecular complexity index is 383. The molecule has 0 fully saturated rings. The molecule has 1 aromatic rings. The molecule has 0 radical (unpaired) electrons. The lowest BCUT2D eigenvalue weighted by Crippen LogP contribution is -2.19. The van der Waals surface area contributed by atoms with Crippen molar-refractivity contribution in [3.05, 3.63) is 29.8 Å². The van der Waals surface area contributed by atoms with E-state index in [0.29, 0.717) is 5.69 Å². The van der Waals surface area contributed by atoms with Crippen molar-refractivity contribution in [3.8, 4) is 0 Å².